The first-order chi connectivity index (χ1) is 8.70. The number of nitro groups is 1. The van der Waals surface area contributed by atoms with Gasteiger partial charge < -0.3 is 10.1 Å². The van der Waals surface area contributed by atoms with Crippen molar-refractivity contribution in [3.05, 3.63) is 28.3 Å². The van der Waals surface area contributed by atoms with Crippen LogP contribution >= 0.6 is 11.8 Å². The highest BCUT2D eigenvalue weighted by molar-refractivity contribution is 7.99. The number of nitrogens with zero attached hydrogens (tertiary/aromatic N) is 1. The molecule has 2 rings (SSSR count). The largest absolute Gasteiger partial charge is 0.490 e. The summed E-state index contributed by atoms with van der Waals surface area (Å²) in [4.78, 5) is 10.3. The molecule has 5 nitrogen and oxygen atoms in total. The Morgan fingerprint density at radius 2 is 2.44 bits per heavy atom. The van der Waals surface area contributed by atoms with Crippen LogP contribution in [-0.4, -0.2) is 30.1 Å². The van der Waals surface area contributed by atoms with Crippen molar-refractivity contribution >= 4 is 23.1 Å². The summed E-state index contributed by atoms with van der Waals surface area (Å²) in [6.45, 7) is 0.911. The summed E-state index contributed by atoms with van der Waals surface area (Å²) in [5.74, 6) is 3.41. The lowest BCUT2D eigenvalue weighted by molar-refractivity contribution is -0.385. The van der Waals surface area contributed by atoms with Gasteiger partial charge in [0.1, 0.15) is 0 Å². The number of thioether (sulfide) groups is 1. The average Bonchev–Trinajstić information content (AvgIpc) is 2.88. The molecule has 18 heavy (non-hydrogen) atoms. The van der Waals surface area contributed by atoms with Crippen LogP contribution < -0.4 is 10.1 Å². The number of ether oxygens (including phenoxy) is 1. The molecule has 0 bridgehead atoms. The zero-order valence-electron chi connectivity index (χ0n) is 10.2. The summed E-state index contributed by atoms with van der Waals surface area (Å²) < 4.78 is 5.03. The van der Waals surface area contributed by atoms with Crippen molar-refractivity contribution in [1.29, 1.82) is 0 Å². The van der Waals surface area contributed by atoms with Gasteiger partial charge in [0.05, 0.1) is 12.0 Å². The van der Waals surface area contributed by atoms with Crippen molar-refractivity contribution in [2.45, 2.75) is 6.42 Å². The normalized spacial score (nSPS) is 18.6. The van der Waals surface area contributed by atoms with Gasteiger partial charge in [0, 0.05) is 24.4 Å². The van der Waals surface area contributed by atoms with Gasteiger partial charge in [0.2, 0.25) is 0 Å². The summed E-state index contributed by atoms with van der Waals surface area (Å²) in [5, 5.41) is 14.1. The number of hydrogen-bond donors (Lipinski definition) is 1. The Labute approximate surface area is 110 Å². The Balaban J connectivity index is 2.02. The van der Waals surface area contributed by atoms with Crippen LogP contribution in [0.25, 0.3) is 0 Å². The standard InChI is InChI=1S/C12H16N2O3S/c1-17-12-6-10(2-3-11(12)14(15)16)13-7-9-4-5-18-8-9/h2-3,6,9,13H,4-5,7-8H2,1H3. The molecule has 0 spiro atoms. The Morgan fingerprint density at radius 1 is 1.61 bits per heavy atom. The predicted octanol–water partition coefficient (Wildman–Crippen LogP) is 2.77. The second-order valence-corrected chi connectivity index (χ2v) is 5.40. The first-order valence-corrected chi connectivity index (χ1v) is 7.00. The van der Waals surface area contributed by atoms with Gasteiger partial charge in [-0.15, -0.1) is 0 Å². The topological polar surface area (TPSA) is 64.4 Å². The maximum Gasteiger partial charge on any atom is 0.311 e. The number of benzene rings is 1. The maximum atomic E-state index is 10.8. The third kappa shape index (κ3) is 3.07. The molecule has 1 aliphatic heterocycles. The van der Waals surface area contributed by atoms with Crippen molar-refractivity contribution < 1.29 is 9.66 Å². The van der Waals surface area contributed by atoms with Gasteiger partial charge in [-0.05, 0) is 29.9 Å². The minimum absolute atomic E-state index is 0.000489. The van der Waals surface area contributed by atoms with Gasteiger partial charge in [-0.2, -0.15) is 11.8 Å². The second kappa shape index (κ2) is 5.95. The Bertz CT molecular complexity index is 433. The molecule has 1 saturated heterocycles. The van der Waals surface area contributed by atoms with E-state index in [2.05, 4.69) is 5.32 Å². The lowest BCUT2D eigenvalue weighted by Gasteiger charge is -2.12. The van der Waals surface area contributed by atoms with Crippen LogP contribution in [0.2, 0.25) is 0 Å². The number of nitrogens with one attached hydrogen (secondary N) is 1. The molecule has 98 valence electrons. The van der Waals surface area contributed by atoms with Crippen LogP contribution in [0.4, 0.5) is 11.4 Å². The maximum absolute atomic E-state index is 10.8. The molecule has 0 amide bonds. The average molecular weight is 268 g/mol. The molecule has 1 aromatic carbocycles. The Kier molecular flexibility index (Phi) is 4.30. The fourth-order valence-electron chi connectivity index (χ4n) is 1.94. The third-order valence-electron chi connectivity index (χ3n) is 3.00. The number of methoxy groups -OCH3 is 1. The molecule has 1 heterocycles. The zero-order chi connectivity index (χ0) is 13.0. The molecule has 1 aliphatic rings. The Hall–Kier alpha value is -1.43. The molecule has 1 N–H and O–H groups in total. The van der Waals surface area contributed by atoms with Gasteiger partial charge in [-0.25, -0.2) is 0 Å². The van der Waals surface area contributed by atoms with Crippen molar-refractivity contribution in [1.82, 2.24) is 0 Å². The first kappa shape index (κ1) is 13.0. The molecule has 1 unspecified atom stereocenters. The molecule has 0 aliphatic carbocycles. The molecule has 0 saturated carbocycles. The number of anilines is 1. The molecule has 1 aromatic rings. The molecular formula is C12H16N2O3S. The van der Waals surface area contributed by atoms with Crippen molar-refractivity contribution in [2.24, 2.45) is 5.92 Å². The highest BCUT2D eigenvalue weighted by Gasteiger charge is 2.17. The van der Waals surface area contributed by atoms with Gasteiger partial charge >= 0.3 is 5.69 Å². The molecule has 1 fully saturated rings. The summed E-state index contributed by atoms with van der Waals surface area (Å²) in [6, 6.07) is 4.88. The summed E-state index contributed by atoms with van der Waals surface area (Å²) in [7, 11) is 1.44. The minimum Gasteiger partial charge on any atom is -0.490 e. The second-order valence-electron chi connectivity index (χ2n) is 4.25. The van der Waals surface area contributed by atoms with Crippen LogP contribution in [0, 0.1) is 16.0 Å². The van der Waals surface area contributed by atoms with Crippen LogP contribution in [0.15, 0.2) is 18.2 Å². The highest BCUT2D eigenvalue weighted by atomic mass is 32.2. The van der Waals surface area contributed by atoms with Gasteiger partial charge in [0.15, 0.2) is 5.75 Å². The van der Waals surface area contributed by atoms with E-state index in [1.807, 2.05) is 11.8 Å². The number of rotatable bonds is 5. The molecular weight excluding hydrogens is 252 g/mol. The summed E-state index contributed by atoms with van der Waals surface area (Å²) in [6.07, 6.45) is 1.24. The van der Waals surface area contributed by atoms with Gasteiger partial charge in [-0.3, -0.25) is 10.1 Å². The summed E-state index contributed by atoms with van der Waals surface area (Å²) >= 11 is 1.98. The highest BCUT2D eigenvalue weighted by Crippen LogP contribution is 2.30. The Morgan fingerprint density at radius 3 is 3.06 bits per heavy atom. The fraction of sp³-hybridized carbons (Fsp3) is 0.500. The van der Waals surface area contributed by atoms with Crippen LogP contribution in [-0.2, 0) is 0 Å². The SMILES string of the molecule is COc1cc(NCC2CCSC2)ccc1[N+](=O)[O-]. The fourth-order valence-corrected chi connectivity index (χ4v) is 3.23. The molecule has 0 aromatic heterocycles. The zero-order valence-corrected chi connectivity index (χ0v) is 11.0. The van der Waals surface area contributed by atoms with E-state index in [1.54, 1.807) is 12.1 Å². The van der Waals surface area contributed by atoms with E-state index in [9.17, 15) is 10.1 Å². The third-order valence-corrected chi connectivity index (χ3v) is 4.23. The number of nitro benzene ring substituents is 1. The molecule has 0 radical (unpaired) electrons. The van der Waals surface area contributed by atoms with Crippen LogP contribution in [0.3, 0.4) is 0 Å². The van der Waals surface area contributed by atoms with E-state index in [-0.39, 0.29) is 5.69 Å². The molecule has 6 heteroatoms. The van der Waals surface area contributed by atoms with Crippen LogP contribution in [0.5, 0.6) is 5.75 Å². The van der Waals surface area contributed by atoms with Crippen molar-refractivity contribution in [2.75, 3.05) is 30.5 Å². The van der Waals surface area contributed by atoms with E-state index in [0.717, 1.165) is 12.2 Å². The van der Waals surface area contributed by atoms with Gasteiger partial charge in [-0.1, -0.05) is 0 Å². The summed E-state index contributed by atoms with van der Waals surface area (Å²) in [5.41, 5.74) is 0.869. The van der Waals surface area contributed by atoms with E-state index < -0.39 is 4.92 Å². The first-order valence-electron chi connectivity index (χ1n) is 5.84. The van der Waals surface area contributed by atoms with E-state index in [0.29, 0.717) is 11.7 Å². The van der Waals surface area contributed by atoms with Crippen LogP contribution in [0.1, 0.15) is 6.42 Å². The monoisotopic (exact) mass is 268 g/mol. The van der Waals surface area contributed by atoms with E-state index in [1.165, 1.54) is 31.1 Å². The number of hydrogen-bond acceptors (Lipinski definition) is 5. The predicted molar refractivity (Wildman–Crippen MR) is 73.6 cm³/mol. The molecule has 1 atom stereocenters. The van der Waals surface area contributed by atoms with Crippen molar-refractivity contribution in [3.63, 3.8) is 0 Å². The lowest BCUT2D eigenvalue weighted by atomic mass is 10.1. The lowest BCUT2D eigenvalue weighted by Crippen LogP contribution is -2.13. The minimum atomic E-state index is -0.434. The van der Waals surface area contributed by atoms with Crippen molar-refractivity contribution in [3.8, 4) is 5.75 Å². The smallest absolute Gasteiger partial charge is 0.311 e. The quantitative estimate of drug-likeness (QED) is 0.657. The van der Waals surface area contributed by atoms with Gasteiger partial charge in [0.25, 0.3) is 0 Å². The van der Waals surface area contributed by atoms with E-state index in [4.69, 9.17) is 4.74 Å². The van der Waals surface area contributed by atoms with E-state index >= 15 is 0 Å².